The molecule has 3 nitrogen and oxygen atoms in total. The van der Waals surface area contributed by atoms with Gasteiger partial charge in [-0.25, -0.2) is 4.98 Å². The van der Waals surface area contributed by atoms with Gasteiger partial charge in [0, 0.05) is 16.6 Å². The Hall–Kier alpha value is -0.660. The first-order valence-corrected chi connectivity index (χ1v) is 7.64. The van der Waals surface area contributed by atoms with Crippen LogP contribution < -0.4 is 5.73 Å². The molecular weight excluding hydrogens is 287 g/mol. The van der Waals surface area contributed by atoms with Gasteiger partial charge in [0.25, 0.3) is 0 Å². The zero-order valence-electron chi connectivity index (χ0n) is 11.7. The molecule has 2 atom stereocenters. The summed E-state index contributed by atoms with van der Waals surface area (Å²) in [6.07, 6.45) is -0.0634. The maximum atomic E-state index is 12.6. The number of nitrogens with two attached hydrogens (primary N) is 1. The van der Waals surface area contributed by atoms with Gasteiger partial charge in [-0.1, -0.05) is 6.92 Å². The zero-order chi connectivity index (χ0) is 15.0. The van der Waals surface area contributed by atoms with Crippen LogP contribution in [0.1, 0.15) is 49.0 Å². The molecule has 114 valence electrons. The van der Waals surface area contributed by atoms with Crippen LogP contribution in [0.4, 0.5) is 13.2 Å². The smallest absolute Gasteiger partial charge is 0.322 e. The molecule has 1 aliphatic heterocycles. The fourth-order valence-electron chi connectivity index (χ4n) is 2.74. The average molecular weight is 307 g/mol. The summed E-state index contributed by atoms with van der Waals surface area (Å²) >= 11 is 0.661. The van der Waals surface area contributed by atoms with Gasteiger partial charge in [-0.05, 0) is 39.3 Å². The minimum absolute atomic E-state index is 0.314. The van der Waals surface area contributed by atoms with Crippen molar-refractivity contribution in [3.05, 3.63) is 16.1 Å². The Morgan fingerprint density at radius 2 is 2.00 bits per heavy atom. The fourth-order valence-corrected chi connectivity index (χ4v) is 3.67. The fraction of sp³-hybridized carbons (Fsp3) is 0.769. The Kier molecular flexibility index (Phi) is 4.41. The molecule has 0 spiro atoms. The number of likely N-dealkylation sites (tertiary alicyclic amines) is 1. The zero-order valence-corrected chi connectivity index (χ0v) is 12.5. The molecule has 7 heteroatoms. The van der Waals surface area contributed by atoms with E-state index in [4.69, 9.17) is 5.73 Å². The highest BCUT2D eigenvalue weighted by Gasteiger charge is 2.41. The van der Waals surface area contributed by atoms with Gasteiger partial charge in [-0.3, -0.25) is 4.90 Å². The molecule has 2 N–H and O–H groups in total. The van der Waals surface area contributed by atoms with E-state index in [1.54, 1.807) is 0 Å². The monoisotopic (exact) mass is 307 g/mol. The third-order valence-corrected chi connectivity index (χ3v) is 5.41. The lowest BCUT2D eigenvalue weighted by Crippen LogP contribution is -2.51. The number of thiazole rings is 1. The van der Waals surface area contributed by atoms with Crippen LogP contribution in [0.25, 0.3) is 0 Å². The second-order valence-electron chi connectivity index (χ2n) is 5.45. The minimum Gasteiger partial charge on any atom is -0.322 e. The minimum atomic E-state index is -4.39. The SMILES string of the molecule is CCC(C)(C(N)c1cnc(C(F)(F)F)s1)N1CCCC1. The molecule has 1 aromatic rings. The largest absolute Gasteiger partial charge is 0.443 e. The third kappa shape index (κ3) is 2.84. The van der Waals surface area contributed by atoms with E-state index in [1.165, 1.54) is 6.20 Å². The molecule has 0 amide bonds. The first kappa shape index (κ1) is 15.7. The molecule has 1 aromatic heterocycles. The summed E-state index contributed by atoms with van der Waals surface area (Å²) in [5, 5.41) is -0.817. The molecule has 2 heterocycles. The number of hydrogen-bond donors (Lipinski definition) is 1. The maximum absolute atomic E-state index is 12.6. The standard InChI is InChI=1S/C13H20F3N3S/c1-3-12(2,19-6-4-5-7-19)10(17)9-8-18-11(20-9)13(14,15)16/h8,10H,3-7,17H2,1-2H3. The Bertz CT molecular complexity index is 454. The number of alkyl halides is 3. The molecule has 0 radical (unpaired) electrons. The van der Waals surface area contributed by atoms with E-state index in [0.29, 0.717) is 16.2 Å². The lowest BCUT2D eigenvalue weighted by molar-refractivity contribution is -0.137. The summed E-state index contributed by atoms with van der Waals surface area (Å²) in [7, 11) is 0. The molecule has 0 saturated carbocycles. The van der Waals surface area contributed by atoms with Crippen molar-refractivity contribution < 1.29 is 13.2 Å². The molecular formula is C13H20F3N3S. The van der Waals surface area contributed by atoms with E-state index < -0.39 is 17.2 Å². The van der Waals surface area contributed by atoms with Gasteiger partial charge in [-0.15, -0.1) is 11.3 Å². The van der Waals surface area contributed by atoms with Crippen molar-refractivity contribution in [3.8, 4) is 0 Å². The van der Waals surface area contributed by atoms with Gasteiger partial charge >= 0.3 is 6.18 Å². The number of hydrogen-bond acceptors (Lipinski definition) is 4. The predicted molar refractivity (Wildman–Crippen MR) is 73.5 cm³/mol. The third-order valence-electron chi connectivity index (χ3n) is 4.29. The van der Waals surface area contributed by atoms with E-state index in [1.807, 2.05) is 13.8 Å². The Balaban J connectivity index is 2.24. The van der Waals surface area contributed by atoms with Gasteiger partial charge < -0.3 is 5.73 Å². The van der Waals surface area contributed by atoms with Gasteiger partial charge in [-0.2, -0.15) is 13.2 Å². The summed E-state index contributed by atoms with van der Waals surface area (Å²) in [4.78, 5) is 6.28. The lowest BCUT2D eigenvalue weighted by Gasteiger charge is -2.42. The van der Waals surface area contributed by atoms with Crippen LogP contribution in [0.2, 0.25) is 0 Å². The highest BCUT2D eigenvalue weighted by Crippen LogP contribution is 2.39. The highest BCUT2D eigenvalue weighted by atomic mass is 32.1. The van der Waals surface area contributed by atoms with Crippen molar-refractivity contribution in [2.24, 2.45) is 5.73 Å². The molecule has 1 saturated heterocycles. The van der Waals surface area contributed by atoms with Crippen molar-refractivity contribution in [2.45, 2.75) is 50.9 Å². The predicted octanol–water partition coefficient (Wildman–Crippen LogP) is 3.43. The quantitative estimate of drug-likeness (QED) is 0.926. The maximum Gasteiger partial charge on any atom is 0.443 e. The van der Waals surface area contributed by atoms with Crippen LogP contribution >= 0.6 is 11.3 Å². The molecule has 0 bridgehead atoms. The lowest BCUT2D eigenvalue weighted by atomic mass is 9.87. The Labute approximate surface area is 121 Å². The van der Waals surface area contributed by atoms with Gasteiger partial charge in [0.15, 0.2) is 5.01 Å². The number of nitrogens with zero attached hydrogens (tertiary/aromatic N) is 2. The topological polar surface area (TPSA) is 42.1 Å². The molecule has 0 aromatic carbocycles. The Morgan fingerprint density at radius 1 is 1.40 bits per heavy atom. The number of halogens is 3. The normalized spacial score (nSPS) is 21.9. The van der Waals surface area contributed by atoms with Crippen LogP contribution in [0.15, 0.2) is 6.20 Å². The average Bonchev–Trinajstić information content (AvgIpc) is 3.06. The van der Waals surface area contributed by atoms with E-state index in [9.17, 15) is 13.2 Å². The molecule has 20 heavy (non-hydrogen) atoms. The summed E-state index contributed by atoms with van der Waals surface area (Å²) < 4.78 is 37.9. The molecule has 1 aliphatic rings. The van der Waals surface area contributed by atoms with Crippen molar-refractivity contribution >= 4 is 11.3 Å². The van der Waals surface area contributed by atoms with Gasteiger partial charge in [0.1, 0.15) is 0 Å². The van der Waals surface area contributed by atoms with Gasteiger partial charge in [0.2, 0.25) is 0 Å². The summed E-state index contributed by atoms with van der Waals surface area (Å²) in [6.45, 7) is 5.99. The van der Waals surface area contributed by atoms with Crippen LogP contribution in [-0.2, 0) is 6.18 Å². The van der Waals surface area contributed by atoms with E-state index in [-0.39, 0.29) is 5.54 Å². The number of aromatic nitrogens is 1. The second kappa shape index (κ2) is 5.61. The molecule has 0 aliphatic carbocycles. The van der Waals surface area contributed by atoms with Crippen molar-refractivity contribution in [2.75, 3.05) is 13.1 Å². The first-order valence-electron chi connectivity index (χ1n) is 6.82. The van der Waals surface area contributed by atoms with E-state index >= 15 is 0 Å². The highest BCUT2D eigenvalue weighted by molar-refractivity contribution is 7.11. The van der Waals surface area contributed by atoms with Crippen molar-refractivity contribution in [3.63, 3.8) is 0 Å². The van der Waals surface area contributed by atoms with E-state index in [2.05, 4.69) is 9.88 Å². The van der Waals surface area contributed by atoms with Crippen LogP contribution in [0.5, 0.6) is 0 Å². The first-order chi connectivity index (χ1) is 9.29. The summed E-state index contributed by atoms with van der Waals surface area (Å²) in [5.74, 6) is 0. The van der Waals surface area contributed by atoms with Crippen molar-refractivity contribution in [1.82, 2.24) is 9.88 Å². The summed E-state index contributed by atoms with van der Waals surface area (Å²) in [5.41, 5.74) is 5.97. The van der Waals surface area contributed by atoms with Crippen molar-refractivity contribution in [1.29, 1.82) is 0 Å². The van der Waals surface area contributed by atoms with E-state index in [0.717, 1.165) is 32.4 Å². The molecule has 2 unspecified atom stereocenters. The van der Waals surface area contributed by atoms with Gasteiger partial charge in [0.05, 0.1) is 6.04 Å². The molecule has 1 fully saturated rings. The second-order valence-corrected chi connectivity index (χ2v) is 6.51. The summed E-state index contributed by atoms with van der Waals surface area (Å²) in [6, 6.07) is -0.445. The van der Waals surface area contributed by atoms with Crippen LogP contribution in [0, 0.1) is 0 Å². The van der Waals surface area contributed by atoms with Crippen LogP contribution in [-0.4, -0.2) is 28.5 Å². The van der Waals surface area contributed by atoms with Crippen LogP contribution in [0.3, 0.4) is 0 Å². The number of rotatable bonds is 4. The molecule has 2 rings (SSSR count). The Morgan fingerprint density at radius 3 is 2.45 bits per heavy atom.